The summed E-state index contributed by atoms with van der Waals surface area (Å²) in [6, 6.07) is 11.2. The maximum Gasteiger partial charge on any atom is 0.216 e. The Bertz CT molecular complexity index is 1090. The topological polar surface area (TPSA) is 80.3 Å². The van der Waals surface area contributed by atoms with Crippen LogP contribution in [0.25, 0.3) is 0 Å². The number of hydrogen-bond donors (Lipinski definition) is 1. The molecule has 1 fully saturated rings. The minimum atomic E-state index is -3.67. The van der Waals surface area contributed by atoms with Crippen LogP contribution in [-0.4, -0.2) is 28.6 Å². The Hall–Kier alpha value is -1.12. The van der Waals surface area contributed by atoms with Crippen LogP contribution in [0.2, 0.25) is 10.0 Å². The van der Waals surface area contributed by atoms with E-state index in [4.69, 9.17) is 23.2 Å². The summed E-state index contributed by atoms with van der Waals surface area (Å²) in [5, 5.41) is 1.04. The first-order valence-electron chi connectivity index (χ1n) is 8.73. The van der Waals surface area contributed by atoms with Gasteiger partial charge in [-0.25, -0.2) is 21.6 Å². The molecule has 0 spiro atoms. The third kappa shape index (κ3) is 5.27. The van der Waals surface area contributed by atoms with Crippen molar-refractivity contribution in [2.24, 2.45) is 0 Å². The van der Waals surface area contributed by atoms with Crippen molar-refractivity contribution in [1.29, 1.82) is 0 Å². The third-order valence-corrected chi connectivity index (χ3v) is 8.06. The zero-order valence-electron chi connectivity index (χ0n) is 15.3. The van der Waals surface area contributed by atoms with Gasteiger partial charge >= 0.3 is 0 Å². The van der Waals surface area contributed by atoms with Gasteiger partial charge in [0.1, 0.15) is 0 Å². The molecule has 0 saturated heterocycles. The van der Waals surface area contributed by atoms with E-state index < -0.39 is 25.4 Å². The first kappa shape index (κ1) is 21.6. The lowest BCUT2D eigenvalue weighted by molar-refractivity contribution is 0.220. The predicted molar refractivity (Wildman–Crippen MR) is 112 cm³/mol. The summed E-state index contributed by atoms with van der Waals surface area (Å²) in [6.45, 7) is 0. The van der Waals surface area contributed by atoms with Crippen molar-refractivity contribution in [2.45, 2.75) is 41.9 Å². The summed E-state index contributed by atoms with van der Waals surface area (Å²) in [5.41, 5.74) is 0.687. The first-order valence-corrected chi connectivity index (χ1v) is 13.0. The van der Waals surface area contributed by atoms with E-state index in [0.717, 1.165) is 18.2 Å². The molecule has 1 aliphatic rings. The Morgan fingerprint density at radius 3 is 2.32 bits per heavy atom. The van der Waals surface area contributed by atoms with Gasteiger partial charge in [-0.2, -0.15) is 0 Å². The fourth-order valence-electron chi connectivity index (χ4n) is 3.40. The van der Waals surface area contributed by atoms with Gasteiger partial charge in [0, 0.05) is 21.8 Å². The van der Waals surface area contributed by atoms with E-state index in [2.05, 4.69) is 4.72 Å². The first-order chi connectivity index (χ1) is 13.0. The van der Waals surface area contributed by atoms with Crippen molar-refractivity contribution in [3.8, 4) is 0 Å². The predicted octanol–water partition coefficient (Wildman–Crippen LogP) is 3.98. The summed E-state index contributed by atoms with van der Waals surface area (Å²) in [6.07, 6.45) is 3.93. The second kappa shape index (κ2) is 7.95. The van der Waals surface area contributed by atoms with Crippen molar-refractivity contribution in [3.63, 3.8) is 0 Å². The third-order valence-electron chi connectivity index (χ3n) is 4.91. The van der Waals surface area contributed by atoms with E-state index in [1.807, 2.05) is 6.07 Å². The van der Waals surface area contributed by atoms with E-state index in [1.165, 1.54) is 12.1 Å². The molecule has 0 amide bonds. The van der Waals surface area contributed by atoms with Gasteiger partial charge in [-0.15, -0.1) is 0 Å². The zero-order chi connectivity index (χ0) is 20.6. The van der Waals surface area contributed by atoms with Crippen molar-refractivity contribution < 1.29 is 16.8 Å². The van der Waals surface area contributed by atoms with Gasteiger partial charge in [-0.3, -0.25) is 0 Å². The molecule has 5 nitrogen and oxygen atoms in total. The standard InChI is InChI=1S/C19H21Cl2NO4S2/c1-27(23,24)17-5-2-4-14(10-17)13-28(25,26)22-19(8-3-9-19)12-15-6-7-16(20)11-18(15)21/h2,4-7,10-11,22H,3,8-9,12-13H2,1H3. The summed E-state index contributed by atoms with van der Waals surface area (Å²) in [7, 11) is -7.07. The van der Waals surface area contributed by atoms with Gasteiger partial charge in [-0.1, -0.05) is 41.4 Å². The number of sulfone groups is 1. The van der Waals surface area contributed by atoms with Crippen LogP contribution in [0.5, 0.6) is 0 Å². The lowest BCUT2D eigenvalue weighted by Gasteiger charge is -2.42. The van der Waals surface area contributed by atoms with Crippen LogP contribution >= 0.6 is 23.2 Å². The van der Waals surface area contributed by atoms with Gasteiger partial charge < -0.3 is 0 Å². The number of nitrogens with one attached hydrogen (secondary N) is 1. The Balaban J connectivity index is 1.78. The lowest BCUT2D eigenvalue weighted by atomic mass is 9.74. The molecule has 152 valence electrons. The average Bonchev–Trinajstić information content (AvgIpc) is 2.54. The molecule has 0 radical (unpaired) electrons. The quantitative estimate of drug-likeness (QED) is 0.675. The minimum Gasteiger partial charge on any atom is -0.224 e. The highest BCUT2D eigenvalue weighted by Crippen LogP contribution is 2.38. The number of rotatable bonds is 7. The molecule has 9 heteroatoms. The van der Waals surface area contributed by atoms with Crippen molar-refractivity contribution in [3.05, 3.63) is 63.6 Å². The highest BCUT2D eigenvalue weighted by atomic mass is 35.5. The zero-order valence-corrected chi connectivity index (χ0v) is 18.4. The van der Waals surface area contributed by atoms with Crippen LogP contribution in [0.4, 0.5) is 0 Å². The molecule has 0 unspecified atom stereocenters. The molecule has 2 aromatic carbocycles. The van der Waals surface area contributed by atoms with Crippen molar-refractivity contribution in [2.75, 3.05) is 6.26 Å². The molecule has 0 atom stereocenters. The number of sulfonamides is 1. The number of hydrogen-bond acceptors (Lipinski definition) is 4. The number of halogens is 2. The summed E-state index contributed by atoms with van der Waals surface area (Å²) >= 11 is 12.2. The molecule has 1 aliphatic carbocycles. The van der Waals surface area contributed by atoms with Crippen LogP contribution in [0.1, 0.15) is 30.4 Å². The largest absolute Gasteiger partial charge is 0.224 e. The molecule has 2 aromatic rings. The Morgan fingerprint density at radius 1 is 1.04 bits per heavy atom. The summed E-state index contributed by atoms with van der Waals surface area (Å²) < 4.78 is 51.8. The fourth-order valence-corrected chi connectivity index (χ4v) is 6.19. The molecule has 28 heavy (non-hydrogen) atoms. The van der Waals surface area contributed by atoms with Gasteiger partial charge in [0.15, 0.2) is 9.84 Å². The Morgan fingerprint density at radius 2 is 1.75 bits per heavy atom. The minimum absolute atomic E-state index is 0.103. The molecular formula is C19H21Cl2NO4S2. The number of benzene rings is 2. The summed E-state index contributed by atoms with van der Waals surface area (Å²) in [5.74, 6) is -0.285. The molecule has 1 N–H and O–H groups in total. The SMILES string of the molecule is CS(=O)(=O)c1cccc(CS(=O)(=O)NC2(Cc3ccc(Cl)cc3Cl)CCC2)c1. The maximum atomic E-state index is 12.8. The lowest BCUT2D eigenvalue weighted by Crippen LogP contribution is -2.55. The Labute approximate surface area is 176 Å². The van der Waals surface area contributed by atoms with Gasteiger partial charge in [0.25, 0.3) is 0 Å². The van der Waals surface area contributed by atoms with Gasteiger partial charge in [0.2, 0.25) is 10.0 Å². The molecule has 0 aliphatic heterocycles. The molecule has 0 aromatic heterocycles. The molecule has 1 saturated carbocycles. The maximum absolute atomic E-state index is 12.8. The van der Waals surface area contributed by atoms with Crippen LogP contribution in [0.3, 0.4) is 0 Å². The molecule has 0 bridgehead atoms. The fraction of sp³-hybridized carbons (Fsp3) is 0.368. The van der Waals surface area contributed by atoms with E-state index in [1.54, 1.807) is 24.3 Å². The molecular weight excluding hydrogens is 441 g/mol. The van der Waals surface area contributed by atoms with Crippen LogP contribution in [0.15, 0.2) is 47.4 Å². The van der Waals surface area contributed by atoms with Crippen molar-refractivity contribution >= 4 is 43.1 Å². The normalized spacial score (nSPS) is 16.5. The molecule has 0 heterocycles. The monoisotopic (exact) mass is 461 g/mol. The van der Waals surface area contributed by atoms with Crippen molar-refractivity contribution in [1.82, 2.24) is 4.72 Å². The Kier molecular flexibility index (Phi) is 6.13. The highest BCUT2D eigenvalue weighted by molar-refractivity contribution is 7.90. The summed E-state index contributed by atoms with van der Waals surface area (Å²) in [4.78, 5) is 0.103. The average molecular weight is 462 g/mol. The van der Waals surface area contributed by atoms with E-state index in [-0.39, 0.29) is 10.6 Å². The smallest absolute Gasteiger partial charge is 0.216 e. The van der Waals surface area contributed by atoms with Crippen LogP contribution in [-0.2, 0) is 32.0 Å². The van der Waals surface area contributed by atoms with Gasteiger partial charge in [0.05, 0.1) is 10.6 Å². The highest BCUT2D eigenvalue weighted by Gasteiger charge is 2.40. The van der Waals surface area contributed by atoms with Gasteiger partial charge in [-0.05, 0) is 61.1 Å². The van der Waals surface area contributed by atoms with Crippen LogP contribution in [0, 0.1) is 0 Å². The van der Waals surface area contributed by atoms with E-state index in [0.29, 0.717) is 34.9 Å². The molecule has 3 rings (SSSR count). The second-order valence-corrected chi connectivity index (χ2v) is 11.9. The van der Waals surface area contributed by atoms with Crippen LogP contribution < -0.4 is 4.72 Å². The van der Waals surface area contributed by atoms with E-state index >= 15 is 0 Å². The van der Waals surface area contributed by atoms with E-state index in [9.17, 15) is 16.8 Å². The second-order valence-electron chi connectivity index (χ2n) is 7.33.